The summed E-state index contributed by atoms with van der Waals surface area (Å²) in [5, 5.41) is 6.14. The number of amides is 1. The van der Waals surface area contributed by atoms with Crippen LogP contribution in [0.2, 0.25) is 0 Å². The van der Waals surface area contributed by atoms with Crippen molar-refractivity contribution in [2.45, 2.75) is 17.7 Å². The van der Waals surface area contributed by atoms with Crippen LogP contribution in [0.15, 0.2) is 58.6 Å². The van der Waals surface area contributed by atoms with Crippen molar-refractivity contribution in [3.05, 3.63) is 59.9 Å². The Morgan fingerprint density at radius 2 is 1.82 bits per heavy atom. The number of hydrogen-bond acceptors (Lipinski definition) is 5. The Bertz CT molecular complexity index is 955. The van der Waals surface area contributed by atoms with Crippen LogP contribution < -0.4 is 5.32 Å². The van der Waals surface area contributed by atoms with Crippen LogP contribution in [0.25, 0.3) is 0 Å². The number of halogens is 1. The first kappa shape index (κ1) is 20.0. The molecule has 148 valence electrons. The molecule has 1 saturated heterocycles. The molecule has 1 amide bonds. The molecular weight excluding hydrogens is 385 g/mol. The summed E-state index contributed by atoms with van der Waals surface area (Å²) in [6.45, 7) is 0.704. The van der Waals surface area contributed by atoms with Crippen LogP contribution in [0.1, 0.15) is 18.4 Å². The largest absolute Gasteiger partial charge is 0.386 e. The Balaban J connectivity index is 1.51. The highest BCUT2D eigenvalue weighted by Gasteiger charge is 2.26. The number of hydrogen-bond donors (Lipinski definition) is 1. The molecule has 0 aromatic heterocycles. The fourth-order valence-electron chi connectivity index (χ4n) is 2.75. The van der Waals surface area contributed by atoms with E-state index >= 15 is 0 Å². The lowest BCUT2D eigenvalue weighted by Gasteiger charge is -2.15. The van der Waals surface area contributed by atoms with Gasteiger partial charge in [0.1, 0.15) is 5.82 Å². The molecule has 0 spiro atoms. The van der Waals surface area contributed by atoms with Gasteiger partial charge in [0, 0.05) is 24.3 Å². The topological polar surface area (TPSA) is 88.1 Å². The van der Waals surface area contributed by atoms with Crippen molar-refractivity contribution in [2.75, 3.05) is 25.0 Å². The molecule has 0 aliphatic carbocycles. The molecule has 0 unspecified atom stereocenters. The standard InChI is InChI=1S/C19H20FN3O4S/c20-18-6-2-1-5-15(18)13-21-27-14-19(24)22-16-7-9-17(10-8-16)28(25,26)23-11-3-4-12-23/h1-2,5-10,13H,3-4,11-12,14H2,(H,22,24)/b21-13-. The molecule has 1 heterocycles. The van der Waals surface area contributed by atoms with Crippen LogP contribution in [0.4, 0.5) is 10.1 Å². The van der Waals surface area contributed by atoms with Gasteiger partial charge in [-0.25, -0.2) is 12.8 Å². The van der Waals surface area contributed by atoms with Gasteiger partial charge in [-0.05, 0) is 43.2 Å². The first-order valence-electron chi connectivity index (χ1n) is 8.77. The van der Waals surface area contributed by atoms with Crippen molar-refractivity contribution in [3.8, 4) is 0 Å². The molecule has 0 atom stereocenters. The van der Waals surface area contributed by atoms with Gasteiger partial charge in [0.05, 0.1) is 11.1 Å². The van der Waals surface area contributed by atoms with Crippen molar-refractivity contribution >= 4 is 27.8 Å². The minimum Gasteiger partial charge on any atom is -0.386 e. The maximum atomic E-state index is 13.4. The van der Waals surface area contributed by atoms with E-state index in [4.69, 9.17) is 4.84 Å². The van der Waals surface area contributed by atoms with Crippen molar-refractivity contribution in [3.63, 3.8) is 0 Å². The van der Waals surface area contributed by atoms with Gasteiger partial charge in [0.15, 0.2) is 6.61 Å². The maximum Gasteiger partial charge on any atom is 0.265 e. The number of oxime groups is 1. The van der Waals surface area contributed by atoms with E-state index in [0.29, 0.717) is 18.8 Å². The highest BCUT2D eigenvalue weighted by molar-refractivity contribution is 7.89. The molecule has 2 aromatic carbocycles. The lowest BCUT2D eigenvalue weighted by Crippen LogP contribution is -2.27. The number of carbonyl (C=O) groups excluding carboxylic acids is 1. The molecule has 1 fully saturated rings. The Morgan fingerprint density at radius 1 is 1.14 bits per heavy atom. The molecule has 2 aromatic rings. The SMILES string of the molecule is O=C(CO/N=C\c1ccccc1F)Nc1ccc(S(=O)(=O)N2CCCC2)cc1. The zero-order chi connectivity index (χ0) is 20.0. The van der Waals surface area contributed by atoms with E-state index in [1.165, 1.54) is 46.9 Å². The molecule has 0 bridgehead atoms. The molecule has 1 aliphatic heterocycles. The zero-order valence-electron chi connectivity index (χ0n) is 15.0. The lowest BCUT2D eigenvalue weighted by molar-refractivity contribution is -0.120. The molecule has 9 heteroatoms. The first-order valence-corrected chi connectivity index (χ1v) is 10.2. The number of nitrogens with one attached hydrogen (secondary N) is 1. The average molecular weight is 405 g/mol. The fourth-order valence-corrected chi connectivity index (χ4v) is 4.27. The molecule has 28 heavy (non-hydrogen) atoms. The Hall–Kier alpha value is -2.78. The van der Waals surface area contributed by atoms with E-state index in [1.807, 2.05) is 0 Å². The van der Waals surface area contributed by atoms with Crippen LogP contribution in [-0.4, -0.2) is 44.5 Å². The summed E-state index contributed by atoms with van der Waals surface area (Å²) < 4.78 is 39.8. The monoisotopic (exact) mass is 405 g/mol. The van der Waals surface area contributed by atoms with E-state index < -0.39 is 21.7 Å². The predicted molar refractivity (Wildman–Crippen MR) is 103 cm³/mol. The Morgan fingerprint density at radius 3 is 2.50 bits per heavy atom. The Kier molecular flexibility index (Phi) is 6.37. The van der Waals surface area contributed by atoms with Gasteiger partial charge >= 0.3 is 0 Å². The summed E-state index contributed by atoms with van der Waals surface area (Å²) in [5.41, 5.74) is 0.685. The highest BCUT2D eigenvalue weighted by Crippen LogP contribution is 2.22. The second kappa shape index (κ2) is 8.94. The van der Waals surface area contributed by atoms with Gasteiger partial charge in [0.2, 0.25) is 10.0 Å². The van der Waals surface area contributed by atoms with Gasteiger partial charge in [-0.3, -0.25) is 4.79 Å². The van der Waals surface area contributed by atoms with Gasteiger partial charge < -0.3 is 10.2 Å². The lowest BCUT2D eigenvalue weighted by atomic mass is 10.2. The van der Waals surface area contributed by atoms with E-state index in [2.05, 4.69) is 10.5 Å². The number of benzene rings is 2. The first-order chi connectivity index (χ1) is 13.5. The molecule has 1 aliphatic rings. The smallest absolute Gasteiger partial charge is 0.265 e. The van der Waals surface area contributed by atoms with E-state index in [0.717, 1.165) is 12.8 Å². The quantitative estimate of drug-likeness (QED) is 0.567. The van der Waals surface area contributed by atoms with Crippen LogP contribution in [0, 0.1) is 5.82 Å². The minimum absolute atomic E-state index is 0.193. The molecule has 1 N–H and O–H groups in total. The number of anilines is 1. The zero-order valence-corrected chi connectivity index (χ0v) is 15.9. The second-order valence-electron chi connectivity index (χ2n) is 6.21. The van der Waals surface area contributed by atoms with E-state index in [9.17, 15) is 17.6 Å². The fraction of sp³-hybridized carbons (Fsp3) is 0.263. The molecule has 3 rings (SSSR count). The summed E-state index contributed by atoms with van der Waals surface area (Å²) in [6, 6.07) is 12.0. The summed E-state index contributed by atoms with van der Waals surface area (Å²) in [6.07, 6.45) is 2.92. The molecule has 0 saturated carbocycles. The van der Waals surface area contributed by atoms with Crippen molar-refractivity contribution in [1.29, 1.82) is 0 Å². The van der Waals surface area contributed by atoms with Crippen molar-refractivity contribution in [1.82, 2.24) is 4.31 Å². The number of rotatable bonds is 7. The van der Waals surface area contributed by atoms with Crippen LogP contribution in [-0.2, 0) is 19.7 Å². The maximum absolute atomic E-state index is 13.4. The third-order valence-electron chi connectivity index (χ3n) is 4.21. The summed E-state index contributed by atoms with van der Waals surface area (Å²) in [7, 11) is -3.49. The molecular formula is C19H20FN3O4S. The second-order valence-corrected chi connectivity index (χ2v) is 8.15. The molecule has 0 radical (unpaired) electrons. The van der Waals surface area contributed by atoms with E-state index in [1.54, 1.807) is 12.1 Å². The average Bonchev–Trinajstić information content (AvgIpc) is 3.23. The van der Waals surface area contributed by atoms with E-state index in [-0.39, 0.29) is 17.1 Å². The highest BCUT2D eigenvalue weighted by atomic mass is 32.2. The third-order valence-corrected chi connectivity index (χ3v) is 6.12. The summed E-state index contributed by atoms with van der Waals surface area (Å²) >= 11 is 0. The number of carbonyl (C=O) groups is 1. The normalized spacial score (nSPS) is 15.0. The van der Waals surface area contributed by atoms with Gasteiger partial charge in [-0.15, -0.1) is 0 Å². The van der Waals surface area contributed by atoms with Crippen LogP contribution in [0.5, 0.6) is 0 Å². The summed E-state index contributed by atoms with van der Waals surface area (Å²) in [4.78, 5) is 16.9. The minimum atomic E-state index is -3.49. The van der Waals surface area contributed by atoms with Gasteiger partial charge in [-0.1, -0.05) is 23.4 Å². The van der Waals surface area contributed by atoms with Gasteiger partial charge in [-0.2, -0.15) is 4.31 Å². The van der Waals surface area contributed by atoms with Crippen LogP contribution in [0.3, 0.4) is 0 Å². The predicted octanol–water partition coefficient (Wildman–Crippen LogP) is 2.60. The van der Waals surface area contributed by atoms with Crippen molar-refractivity contribution < 1.29 is 22.4 Å². The third kappa shape index (κ3) is 4.93. The number of sulfonamides is 1. The Labute approximate surface area is 162 Å². The van der Waals surface area contributed by atoms with Crippen molar-refractivity contribution in [2.24, 2.45) is 5.16 Å². The summed E-state index contributed by atoms with van der Waals surface area (Å²) in [5.74, 6) is -0.913. The number of nitrogens with zero attached hydrogens (tertiary/aromatic N) is 2. The van der Waals surface area contributed by atoms with Gasteiger partial charge in [0.25, 0.3) is 5.91 Å². The van der Waals surface area contributed by atoms with Crippen LogP contribution >= 0.6 is 0 Å². The molecule has 7 nitrogen and oxygen atoms in total.